The summed E-state index contributed by atoms with van der Waals surface area (Å²) >= 11 is 14.2. The second-order valence-corrected chi connectivity index (χ2v) is 7.29. The lowest BCUT2D eigenvalue weighted by Crippen LogP contribution is -2.26. The third-order valence-electron chi connectivity index (χ3n) is 3.14. The van der Waals surface area contributed by atoms with Gasteiger partial charge in [-0.15, -0.1) is 23.4 Å². The minimum absolute atomic E-state index is 0.0453. The molecule has 100 valence electrons. The van der Waals surface area contributed by atoms with Crippen LogP contribution in [0.2, 0.25) is 5.02 Å². The molecule has 0 saturated carbocycles. The smallest absolute Gasteiger partial charge is 0.0926 e. The molecule has 0 bridgehead atoms. The van der Waals surface area contributed by atoms with E-state index in [1.165, 1.54) is 5.56 Å². The topological polar surface area (TPSA) is 0 Å². The minimum Gasteiger partial charge on any atom is -0.110 e. The van der Waals surface area contributed by atoms with Crippen LogP contribution in [0.3, 0.4) is 0 Å². The van der Waals surface area contributed by atoms with Crippen molar-refractivity contribution in [2.45, 2.75) is 28.9 Å². The summed E-state index contributed by atoms with van der Waals surface area (Å²) in [6.45, 7) is 4.34. The molecule has 0 spiro atoms. The molecule has 0 aliphatic carbocycles. The molecule has 0 N–H and O–H groups in total. The normalized spacial score (nSPS) is 13.3. The maximum atomic E-state index is 6.61. The van der Waals surface area contributed by atoms with Crippen LogP contribution in [0.25, 0.3) is 0 Å². The van der Waals surface area contributed by atoms with Crippen LogP contribution in [-0.4, -0.2) is 4.71 Å². The van der Waals surface area contributed by atoms with Gasteiger partial charge < -0.3 is 0 Å². The van der Waals surface area contributed by atoms with E-state index in [1.807, 2.05) is 42.5 Å². The molecule has 0 aromatic heterocycles. The quantitative estimate of drug-likeness (QED) is 0.495. The Labute approximate surface area is 129 Å². The molecule has 1 unspecified atom stereocenters. The Bertz CT molecular complexity index is 520. The van der Waals surface area contributed by atoms with Gasteiger partial charge in [0.15, 0.2) is 0 Å². The molecular weight excluding hydrogens is 295 g/mol. The summed E-state index contributed by atoms with van der Waals surface area (Å²) in [6.07, 6.45) is 0. The highest BCUT2D eigenvalue weighted by Gasteiger charge is 2.30. The van der Waals surface area contributed by atoms with Crippen molar-refractivity contribution in [3.05, 3.63) is 65.2 Å². The molecule has 0 heterocycles. The fourth-order valence-electron chi connectivity index (χ4n) is 1.78. The Morgan fingerprint density at radius 1 is 0.947 bits per heavy atom. The second kappa shape index (κ2) is 6.21. The zero-order chi connectivity index (χ0) is 13.9. The van der Waals surface area contributed by atoms with Crippen molar-refractivity contribution in [1.29, 1.82) is 0 Å². The van der Waals surface area contributed by atoms with Crippen molar-refractivity contribution in [3.8, 4) is 0 Å². The number of rotatable bonds is 4. The van der Waals surface area contributed by atoms with Crippen molar-refractivity contribution in [1.82, 2.24) is 0 Å². The molecule has 0 amide bonds. The highest BCUT2D eigenvalue weighted by Crippen LogP contribution is 2.40. The fraction of sp³-hybridized carbons (Fsp3) is 0.250. The lowest BCUT2D eigenvalue weighted by Gasteiger charge is -2.30. The molecule has 2 aromatic rings. The van der Waals surface area contributed by atoms with Gasteiger partial charge >= 0.3 is 0 Å². The monoisotopic (exact) mass is 310 g/mol. The predicted molar refractivity (Wildman–Crippen MR) is 86.4 cm³/mol. The van der Waals surface area contributed by atoms with E-state index in [-0.39, 0.29) is 10.1 Å². The van der Waals surface area contributed by atoms with E-state index in [0.29, 0.717) is 0 Å². The Morgan fingerprint density at radius 3 is 2.11 bits per heavy atom. The Morgan fingerprint density at radius 2 is 1.53 bits per heavy atom. The van der Waals surface area contributed by atoms with Crippen LogP contribution >= 0.6 is 35.0 Å². The van der Waals surface area contributed by atoms with Gasteiger partial charge in [0.2, 0.25) is 0 Å². The summed E-state index contributed by atoms with van der Waals surface area (Å²) in [5.41, 5.74) is 1.14. The number of hydrogen-bond donors (Lipinski definition) is 0. The van der Waals surface area contributed by atoms with Crippen LogP contribution in [0.15, 0.2) is 59.5 Å². The van der Waals surface area contributed by atoms with Gasteiger partial charge in [0, 0.05) is 15.3 Å². The first kappa shape index (κ1) is 14.8. The molecule has 2 aromatic carbocycles. The molecule has 0 saturated heterocycles. The lowest BCUT2D eigenvalue weighted by atomic mass is 9.87. The zero-order valence-corrected chi connectivity index (χ0v) is 13.3. The molecular formula is C16H16Cl2S. The van der Waals surface area contributed by atoms with Crippen LogP contribution in [0.4, 0.5) is 0 Å². The van der Waals surface area contributed by atoms with Gasteiger partial charge in [-0.3, -0.25) is 0 Å². The molecule has 0 aliphatic heterocycles. The van der Waals surface area contributed by atoms with E-state index in [0.717, 1.165) is 9.92 Å². The van der Waals surface area contributed by atoms with Crippen molar-refractivity contribution in [3.63, 3.8) is 0 Å². The first-order chi connectivity index (χ1) is 9.00. The lowest BCUT2D eigenvalue weighted by molar-refractivity contribution is 0.573. The molecule has 2 rings (SSSR count). The van der Waals surface area contributed by atoms with Crippen molar-refractivity contribution in [2.24, 2.45) is 0 Å². The average molecular weight is 311 g/mol. The third kappa shape index (κ3) is 3.68. The van der Waals surface area contributed by atoms with Crippen molar-refractivity contribution < 1.29 is 0 Å². The first-order valence-corrected chi connectivity index (χ1v) is 7.81. The van der Waals surface area contributed by atoms with E-state index in [9.17, 15) is 0 Å². The highest BCUT2D eigenvalue weighted by atomic mass is 35.5. The summed E-state index contributed by atoms with van der Waals surface area (Å²) in [7, 11) is 0. The van der Waals surface area contributed by atoms with Gasteiger partial charge in [0.05, 0.1) is 4.71 Å². The minimum atomic E-state index is -0.104. The van der Waals surface area contributed by atoms with E-state index < -0.39 is 0 Å². The number of hydrogen-bond acceptors (Lipinski definition) is 1. The summed E-state index contributed by atoms with van der Waals surface area (Å²) in [4.78, 5) is 1.13. The molecule has 3 heteroatoms. The standard InChI is InChI=1S/C16H16Cl2S/c1-16(2,12-6-4-3-5-7-12)15(18)19-14-10-8-13(17)9-11-14/h3-11,15H,1-2H3. The number of alkyl halides is 1. The van der Waals surface area contributed by atoms with Crippen LogP contribution < -0.4 is 0 Å². The molecule has 0 aliphatic rings. The van der Waals surface area contributed by atoms with Crippen LogP contribution in [0, 0.1) is 0 Å². The van der Waals surface area contributed by atoms with Crippen LogP contribution in [0.1, 0.15) is 19.4 Å². The zero-order valence-electron chi connectivity index (χ0n) is 10.9. The second-order valence-electron chi connectivity index (χ2n) is 4.98. The summed E-state index contributed by atoms with van der Waals surface area (Å²) in [5.74, 6) is 0. The first-order valence-electron chi connectivity index (χ1n) is 6.12. The summed E-state index contributed by atoms with van der Waals surface area (Å²) < 4.78 is -0.0453. The van der Waals surface area contributed by atoms with Crippen molar-refractivity contribution >= 4 is 35.0 Å². The number of thioether (sulfide) groups is 1. The molecule has 19 heavy (non-hydrogen) atoms. The SMILES string of the molecule is CC(C)(c1ccccc1)C(Cl)Sc1ccc(Cl)cc1. The Balaban J connectivity index is 2.15. The van der Waals surface area contributed by atoms with E-state index in [1.54, 1.807) is 11.8 Å². The van der Waals surface area contributed by atoms with Gasteiger partial charge in [-0.05, 0) is 29.8 Å². The maximum Gasteiger partial charge on any atom is 0.0926 e. The van der Waals surface area contributed by atoms with Crippen molar-refractivity contribution in [2.75, 3.05) is 0 Å². The maximum absolute atomic E-state index is 6.61. The molecule has 1 atom stereocenters. The highest BCUT2D eigenvalue weighted by molar-refractivity contribution is 8.01. The fourth-order valence-corrected chi connectivity index (χ4v) is 3.30. The molecule has 0 fully saturated rings. The molecule has 0 nitrogen and oxygen atoms in total. The van der Waals surface area contributed by atoms with Gasteiger partial charge in [0.1, 0.15) is 0 Å². The van der Waals surface area contributed by atoms with Gasteiger partial charge in [-0.1, -0.05) is 55.8 Å². The summed E-state index contributed by atoms with van der Waals surface area (Å²) in [5, 5.41) is 0.748. The number of halogens is 2. The third-order valence-corrected chi connectivity index (χ3v) is 5.54. The Kier molecular flexibility index (Phi) is 4.83. The van der Waals surface area contributed by atoms with E-state index in [2.05, 4.69) is 26.0 Å². The predicted octanol–water partition coefficient (Wildman–Crippen LogP) is 5.97. The number of benzene rings is 2. The summed E-state index contributed by atoms with van der Waals surface area (Å²) in [6, 6.07) is 18.2. The van der Waals surface area contributed by atoms with Crippen LogP contribution in [-0.2, 0) is 5.41 Å². The van der Waals surface area contributed by atoms with E-state index in [4.69, 9.17) is 23.2 Å². The van der Waals surface area contributed by atoms with Gasteiger partial charge in [-0.25, -0.2) is 0 Å². The van der Waals surface area contributed by atoms with Gasteiger partial charge in [0.25, 0.3) is 0 Å². The van der Waals surface area contributed by atoms with Crippen LogP contribution in [0.5, 0.6) is 0 Å². The van der Waals surface area contributed by atoms with E-state index >= 15 is 0 Å². The average Bonchev–Trinajstić information content (AvgIpc) is 2.42. The van der Waals surface area contributed by atoms with Gasteiger partial charge in [-0.2, -0.15) is 0 Å². The Hall–Kier alpha value is -0.630. The molecule has 0 radical (unpaired) electrons. The largest absolute Gasteiger partial charge is 0.110 e.